The van der Waals surface area contributed by atoms with Crippen LogP contribution in [0.1, 0.15) is 13.8 Å². The minimum Gasteiger partial charge on any atom is -0.479 e. The van der Waals surface area contributed by atoms with Gasteiger partial charge in [-0.2, -0.15) is 0 Å². The van der Waals surface area contributed by atoms with Crippen molar-refractivity contribution in [2.75, 3.05) is 26.4 Å². The van der Waals surface area contributed by atoms with Gasteiger partial charge in [-0.05, 0) is 0 Å². The molecule has 0 aromatic heterocycles. The first kappa shape index (κ1) is 51.8. The van der Waals surface area contributed by atoms with Crippen molar-refractivity contribution in [2.24, 2.45) is 0 Å². The summed E-state index contributed by atoms with van der Waals surface area (Å²) in [7, 11) is 0. The Hall–Kier alpha value is -2.55. The third-order valence-corrected chi connectivity index (χ3v) is 11.6. The van der Waals surface area contributed by atoms with Gasteiger partial charge in [0.1, 0.15) is 123 Å². The van der Waals surface area contributed by atoms with Crippen LogP contribution in [0.25, 0.3) is 0 Å². The van der Waals surface area contributed by atoms with Gasteiger partial charge in [0.25, 0.3) is 5.79 Å². The van der Waals surface area contributed by atoms with E-state index in [-0.39, 0.29) is 0 Å². The van der Waals surface area contributed by atoms with Crippen LogP contribution in [0.15, 0.2) is 0 Å². The highest BCUT2D eigenvalue weighted by atomic mass is 16.8. The number of hydrogen-bond acceptors (Lipinski definition) is 28. The Kier molecular flexibility index (Phi) is 16.7. The van der Waals surface area contributed by atoms with E-state index in [4.69, 9.17) is 56.8 Å². The zero-order valence-electron chi connectivity index (χ0n) is 34.1. The van der Waals surface area contributed by atoms with Gasteiger partial charge < -0.3 is 133 Å². The molecule has 1 unspecified atom stereocenters. The van der Waals surface area contributed by atoms with Crippen LogP contribution in [0.4, 0.5) is 0 Å². The molecule has 6 aliphatic heterocycles. The van der Waals surface area contributed by atoms with Crippen LogP contribution >= 0.6 is 0 Å². The van der Waals surface area contributed by atoms with Crippen LogP contribution in [0.3, 0.4) is 0 Å². The maximum absolute atomic E-state index is 12.6. The van der Waals surface area contributed by atoms with Gasteiger partial charge in [-0.15, -0.1) is 0 Å². The zero-order chi connectivity index (χ0) is 48.0. The lowest BCUT2D eigenvalue weighted by atomic mass is 9.95. The zero-order valence-corrected chi connectivity index (χ0v) is 34.1. The standard InChI is InChI=1S/C35H54O30/c1-7(38)54-5-10-13(40)15(42)26(33(58-10)62-25-21(48)29(51)56-9(4-37)23(25)60-30-18(45)14(41)12(39)8(3-36)57-30)63-32-20(47)17(44)24(27(64-32)28(49)50)61-31-19(46)16(43)22-11(59-31)6-55-35(2,65-22)34(52)53/h8-27,29-33,36-37,39-48,51H,3-6H2,1-2H3,(H,49,50)(H,52,53)/t8-,9-,10-,11-,12-,13-,14+,15+,16-,17-,18-,19+,20-,21-,22-,23-,24+,25-,26+,27+,29-,30+,31+,32-,33-,35?/m1/s1. The van der Waals surface area contributed by atoms with Crippen molar-refractivity contribution in [1.29, 1.82) is 0 Å². The molecule has 6 aliphatic rings. The van der Waals surface area contributed by atoms with E-state index in [0.29, 0.717) is 0 Å². The molecule has 65 heavy (non-hydrogen) atoms. The van der Waals surface area contributed by atoms with E-state index < -0.39 is 204 Å². The van der Waals surface area contributed by atoms with E-state index in [1.807, 2.05) is 0 Å². The highest BCUT2D eigenvalue weighted by molar-refractivity contribution is 5.75. The van der Waals surface area contributed by atoms with Gasteiger partial charge in [-0.3, -0.25) is 4.79 Å². The van der Waals surface area contributed by atoms with Gasteiger partial charge in [0, 0.05) is 13.8 Å². The summed E-state index contributed by atoms with van der Waals surface area (Å²) in [4.78, 5) is 35.9. The number of ether oxygens (including phenoxy) is 12. The first-order valence-corrected chi connectivity index (χ1v) is 20.0. The molecule has 0 amide bonds. The molecule has 6 fully saturated rings. The van der Waals surface area contributed by atoms with Crippen molar-refractivity contribution < 1.29 is 148 Å². The van der Waals surface area contributed by atoms with Crippen molar-refractivity contribution in [1.82, 2.24) is 0 Å². The van der Waals surface area contributed by atoms with Gasteiger partial charge in [-0.25, -0.2) is 9.59 Å². The van der Waals surface area contributed by atoms with Crippen LogP contribution in [0.5, 0.6) is 0 Å². The lowest BCUT2D eigenvalue weighted by molar-refractivity contribution is -0.407. The normalized spacial score (nSPS) is 50.5. The molecule has 374 valence electrons. The van der Waals surface area contributed by atoms with Crippen molar-refractivity contribution in [2.45, 2.75) is 173 Å². The second kappa shape index (κ2) is 21.0. The SMILES string of the molecule is CC(=O)OC[C@H]1O[C@H](O[C@@H]2[C@@H](O)[C@H](O)O[C@H](CO)[C@H]2O[C@@H]2O[C@H](CO)[C@@H](O)[C@H](O)[C@H]2O)[C@@H](O[C@@H]2O[C@H](C(=O)O)[C@@H](O[C@@H]3O[C@@H]4COC(C)(C(=O)O)O[C@H]4[C@H](O)[C@@H]3O)[C@H](O)[C@H]2O)[C@@H](O)[C@@H]1O. The summed E-state index contributed by atoms with van der Waals surface area (Å²) >= 11 is 0. The van der Waals surface area contributed by atoms with Gasteiger partial charge in [0.05, 0.1) is 19.8 Å². The molecule has 6 saturated heterocycles. The second-order valence-corrected chi connectivity index (χ2v) is 16.1. The van der Waals surface area contributed by atoms with Gasteiger partial charge >= 0.3 is 17.9 Å². The summed E-state index contributed by atoms with van der Waals surface area (Å²) in [5.41, 5.74) is 0. The fourth-order valence-electron chi connectivity index (χ4n) is 7.92. The fraction of sp³-hybridized carbons (Fsp3) is 0.914. The van der Waals surface area contributed by atoms with E-state index in [0.717, 1.165) is 13.8 Å². The third kappa shape index (κ3) is 10.6. The predicted molar refractivity (Wildman–Crippen MR) is 190 cm³/mol. The Balaban J connectivity index is 1.24. The number of rotatable bonds is 14. The van der Waals surface area contributed by atoms with E-state index in [1.165, 1.54) is 0 Å². The van der Waals surface area contributed by atoms with Crippen LogP contribution in [-0.4, -0.2) is 280 Å². The quantitative estimate of drug-likeness (QED) is 0.0719. The number of esters is 1. The van der Waals surface area contributed by atoms with Crippen LogP contribution in [-0.2, 0) is 71.2 Å². The van der Waals surface area contributed by atoms with Crippen LogP contribution in [0, 0.1) is 0 Å². The Bertz CT molecular complexity index is 1620. The Labute approximate surface area is 365 Å². The molecule has 30 nitrogen and oxygen atoms in total. The second-order valence-electron chi connectivity index (χ2n) is 16.1. The summed E-state index contributed by atoms with van der Waals surface area (Å²) in [6.45, 7) is -1.25. The molecule has 15 N–H and O–H groups in total. The average Bonchev–Trinajstić information content (AvgIpc) is 3.26. The molecule has 0 saturated carbocycles. The van der Waals surface area contributed by atoms with E-state index >= 15 is 0 Å². The lowest BCUT2D eigenvalue weighted by Crippen LogP contribution is -2.69. The minimum absolute atomic E-state index is 0.546. The van der Waals surface area contributed by atoms with Crippen LogP contribution < -0.4 is 0 Å². The Morgan fingerprint density at radius 1 is 0.554 bits per heavy atom. The van der Waals surface area contributed by atoms with Gasteiger partial charge in [0.15, 0.2) is 37.6 Å². The molecule has 0 aromatic carbocycles. The Morgan fingerprint density at radius 3 is 1.69 bits per heavy atom. The van der Waals surface area contributed by atoms with Crippen molar-refractivity contribution in [3.8, 4) is 0 Å². The number of carboxylic acid groups (broad SMARTS) is 2. The number of fused-ring (bicyclic) bond motifs is 1. The number of carbonyl (C=O) groups excluding carboxylic acids is 1. The fourth-order valence-corrected chi connectivity index (χ4v) is 7.92. The molecule has 6 heterocycles. The van der Waals surface area contributed by atoms with E-state index in [2.05, 4.69) is 0 Å². The summed E-state index contributed by atoms with van der Waals surface area (Å²) < 4.78 is 65.8. The highest BCUT2D eigenvalue weighted by Crippen LogP contribution is 2.38. The third-order valence-electron chi connectivity index (χ3n) is 11.6. The summed E-state index contributed by atoms with van der Waals surface area (Å²) in [6, 6.07) is 0. The topological polar surface area (TPSA) is 465 Å². The van der Waals surface area contributed by atoms with Crippen LogP contribution in [0.2, 0.25) is 0 Å². The largest absolute Gasteiger partial charge is 0.479 e. The minimum atomic E-state index is -2.38. The van der Waals surface area contributed by atoms with E-state index in [1.54, 1.807) is 0 Å². The van der Waals surface area contributed by atoms with Gasteiger partial charge in [0.2, 0.25) is 0 Å². The molecule has 6 rings (SSSR count). The number of aliphatic hydroxyl groups excluding tert-OH is 13. The van der Waals surface area contributed by atoms with Gasteiger partial charge in [-0.1, -0.05) is 0 Å². The summed E-state index contributed by atoms with van der Waals surface area (Å²) in [6.07, 6.45) is -50.5. The number of aliphatic hydroxyl groups is 13. The Morgan fingerprint density at radius 2 is 1.08 bits per heavy atom. The molecular weight excluding hydrogens is 900 g/mol. The summed E-state index contributed by atoms with van der Waals surface area (Å²) in [5.74, 6) is -6.62. The monoisotopic (exact) mass is 954 g/mol. The molecule has 0 bridgehead atoms. The first-order valence-electron chi connectivity index (χ1n) is 20.0. The molecule has 26 atom stereocenters. The molecule has 0 radical (unpaired) electrons. The molecule has 0 aliphatic carbocycles. The number of aliphatic carboxylic acids is 2. The smallest absolute Gasteiger partial charge is 0.364 e. The molecule has 0 spiro atoms. The first-order chi connectivity index (χ1) is 30.5. The van der Waals surface area contributed by atoms with Crippen molar-refractivity contribution in [3.63, 3.8) is 0 Å². The lowest BCUT2D eigenvalue weighted by Gasteiger charge is -2.50. The number of hydrogen-bond donors (Lipinski definition) is 15. The average molecular weight is 955 g/mol. The van der Waals surface area contributed by atoms with Crippen molar-refractivity contribution in [3.05, 3.63) is 0 Å². The number of carboxylic acids is 2. The highest BCUT2D eigenvalue weighted by Gasteiger charge is 2.59. The molecule has 30 heteroatoms. The molecular formula is C35H54O30. The summed E-state index contributed by atoms with van der Waals surface area (Å²) in [5, 5.41) is 159. The number of carbonyl (C=O) groups is 3. The molecule has 0 aromatic rings. The maximum Gasteiger partial charge on any atom is 0.364 e. The predicted octanol–water partition coefficient (Wildman–Crippen LogP) is -10.4. The maximum atomic E-state index is 12.6. The van der Waals surface area contributed by atoms with Crippen molar-refractivity contribution >= 4 is 17.9 Å². The van der Waals surface area contributed by atoms with E-state index in [9.17, 15) is 91.0 Å².